The van der Waals surface area contributed by atoms with Gasteiger partial charge in [0.1, 0.15) is 17.8 Å². The molecule has 1 heterocycles. The highest BCUT2D eigenvalue weighted by Gasteiger charge is 2.16. The molecular weight excluding hydrogens is 286 g/mol. The second-order valence-electron chi connectivity index (χ2n) is 4.60. The van der Waals surface area contributed by atoms with Gasteiger partial charge in [-0.25, -0.2) is 9.78 Å². The van der Waals surface area contributed by atoms with Crippen LogP contribution in [0, 0.1) is 0 Å². The normalized spacial score (nSPS) is 9.95. The molecule has 0 fully saturated rings. The summed E-state index contributed by atoms with van der Waals surface area (Å²) in [5, 5.41) is 14.5. The minimum atomic E-state index is -0.470. The molecule has 0 unspecified atom stereocenters. The van der Waals surface area contributed by atoms with Crippen molar-refractivity contribution in [2.24, 2.45) is 0 Å². The third-order valence-corrected chi connectivity index (χ3v) is 2.77. The van der Waals surface area contributed by atoms with Crippen molar-refractivity contribution in [3.63, 3.8) is 0 Å². The van der Waals surface area contributed by atoms with Crippen LogP contribution in [0.1, 0.15) is 0 Å². The first-order valence-corrected chi connectivity index (χ1v) is 6.44. The van der Waals surface area contributed by atoms with Crippen molar-refractivity contribution in [1.82, 2.24) is 9.97 Å². The van der Waals surface area contributed by atoms with Crippen LogP contribution in [0.5, 0.6) is 11.6 Å². The average molecular weight is 303 g/mol. The SMILES string of the molecule is COc1ncnc(N(C)C)c1NC(=O)Nc1ccc(O)cc1. The minimum Gasteiger partial charge on any atom is -0.508 e. The first kappa shape index (κ1) is 15.4. The van der Waals surface area contributed by atoms with E-state index in [0.717, 1.165) is 0 Å². The maximum Gasteiger partial charge on any atom is 0.323 e. The second-order valence-corrected chi connectivity index (χ2v) is 4.60. The quantitative estimate of drug-likeness (QED) is 0.746. The Balaban J connectivity index is 2.19. The van der Waals surface area contributed by atoms with E-state index in [1.54, 1.807) is 31.1 Å². The van der Waals surface area contributed by atoms with Crippen LogP contribution in [-0.2, 0) is 0 Å². The Labute approximate surface area is 127 Å². The van der Waals surface area contributed by atoms with Gasteiger partial charge in [0.05, 0.1) is 7.11 Å². The number of phenolic OH excluding ortho intramolecular Hbond substituents is 1. The number of ether oxygens (including phenoxy) is 1. The van der Waals surface area contributed by atoms with Crippen molar-refractivity contribution >= 4 is 23.2 Å². The fourth-order valence-corrected chi connectivity index (χ4v) is 1.78. The Hall–Kier alpha value is -3.03. The predicted molar refractivity (Wildman–Crippen MR) is 83.7 cm³/mol. The zero-order chi connectivity index (χ0) is 16.1. The topological polar surface area (TPSA) is 99.6 Å². The molecular formula is C14H17N5O3. The van der Waals surface area contributed by atoms with Crippen LogP contribution >= 0.6 is 0 Å². The maximum absolute atomic E-state index is 12.1. The van der Waals surface area contributed by atoms with Crippen molar-refractivity contribution in [3.05, 3.63) is 30.6 Å². The van der Waals surface area contributed by atoms with Gasteiger partial charge >= 0.3 is 6.03 Å². The summed E-state index contributed by atoms with van der Waals surface area (Å²) in [6, 6.07) is 5.66. The van der Waals surface area contributed by atoms with Gasteiger partial charge in [0.15, 0.2) is 5.82 Å². The minimum absolute atomic E-state index is 0.124. The number of rotatable bonds is 4. The molecule has 0 bridgehead atoms. The summed E-state index contributed by atoms with van der Waals surface area (Å²) in [6.07, 6.45) is 1.36. The summed E-state index contributed by atoms with van der Waals surface area (Å²) in [4.78, 5) is 21.9. The fourth-order valence-electron chi connectivity index (χ4n) is 1.78. The molecule has 1 aromatic heterocycles. The van der Waals surface area contributed by atoms with Crippen molar-refractivity contribution in [3.8, 4) is 11.6 Å². The van der Waals surface area contributed by atoms with E-state index in [2.05, 4.69) is 20.6 Å². The van der Waals surface area contributed by atoms with E-state index in [4.69, 9.17) is 4.74 Å². The van der Waals surface area contributed by atoms with Crippen molar-refractivity contribution in [2.45, 2.75) is 0 Å². The van der Waals surface area contributed by atoms with E-state index in [0.29, 0.717) is 17.2 Å². The number of aromatic nitrogens is 2. The van der Waals surface area contributed by atoms with Crippen LogP contribution < -0.4 is 20.3 Å². The average Bonchev–Trinajstić information content (AvgIpc) is 2.49. The summed E-state index contributed by atoms with van der Waals surface area (Å²) < 4.78 is 5.15. The molecule has 116 valence electrons. The first-order chi connectivity index (χ1) is 10.5. The lowest BCUT2D eigenvalue weighted by Gasteiger charge is -2.18. The monoisotopic (exact) mass is 303 g/mol. The lowest BCUT2D eigenvalue weighted by molar-refractivity contribution is 0.262. The molecule has 0 aliphatic rings. The number of amides is 2. The molecule has 2 aromatic rings. The number of nitrogens with one attached hydrogen (secondary N) is 2. The van der Waals surface area contributed by atoms with Crippen LogP contribution in [0.3, 0.4) is 0 Å². The van der Waals surface area contributed by atoms with Gasteiger partial charge < -0.3 is 20.1 Å². The summed E-state index contributed by atoms with van der Waals surface area (Å²) in [5.41, 5.74) is 0.906. The number of urea groups is 1. The van der Waals surface area contributed by atoms with Crippen LogP contribution in [-0.4, -0.2) is 42.3 Å². The van der Waals surface area contributed by atoms with E-state index in [9.17, 15) is 9.90 Å². The molecule has 0 aliphatic heterocycles. The molecule has 0 spiro atoms. The van der Waals surface area contributed by atoms with Crippen molar-refractivity contribution < 1.29 is 14.6 Å². The van der Waals surface area contributed by atoms with Gasteiger partial charge in [-0.1, -0.05) is 0 Å². The number of methoxy groups -OCH3 is 1. The molecule has 1 aromatic carbocycles. The summed E-state index contributed by atoms with van der Waals surface area (Å²) >= 11 is 0. The molecule has 0 saturated heterocycles. The Kier molecular flexibility index (Phi) is 4.62. The second kappa shape index (κ2) is 6.61. The lowest BCUT2D eigenvalue weighted by atomic mass is 10.3. The van der Waals surface area contributed by atoms with Gasteiger partial charge in [0.25, 0.3) is 0 Å². The van der Waals surface area contributed by atoms with Gasteiger partial charge in [-0.2, -0.15) is 4.98 Å². The summed E-state index contributed by atoms with van der Waals surface area (Å²) in [7, 11) is 5.06. The number of hydrogen-bond donors (Lipinski definition) is 3. The van der Waals surface area contributed by atoms with E-state index in [1.807, 2.05) is 0 Å². The zero-order valence-electron chi connectivity index (χ0n) is 12.5. The van der Waals surface area contributed by atoms with Gasteiger partial charge in [-0.3, -0.25) is 5.32 Å². The third-order valence-electron chi connectivity index (χ3n) is 2.77. The Morgan fingerprint density at radius 2 is 1.86 bits per heavy atom. The fraction of sp³-hybridized carbons (Fsp3) is 0.214. The maximum atomic E-state index is 12.1. The number of hydrogen-bond acceptors (Lipinski definition) is 6. The van der Waals surface area contributed by atoms with Gasteiger partial charge in [0, 0.05) is 19.8 Å². The number of carbonyl (C=O) groups is 1. The molecule has 8 nitrogen and oxygen atoms in total. The highest BCUT2D eigenvalue weighted by atomic mass is 16.5. The summed E-state index contributed by atoms with van der Waals surface area (Å²) in [5.74, 6) is 0.909. The molecule has 2 rings (SSSR count). The number of carbonyl (C=O) groups excluding carboxylic acids is 1. The van der Waals surface area contributed by atoms with Gasteiger partial charge in [0.2, 0.25) is 5.88 Å². The highest BCUT2D eigenvalue weighted by molar-refractivity contribution is 6.02. The van der Waals surface area contributed by atoms with E-state index in [1.165, 1.54) is 25.6 Å². The number of anilines is 3. The smallest absolute Gasteiger partial charge is 0.323 e. The lowest BCUT2D eigenvalue weighted by Crippen LogP contribution is -2.23. The van der Waals surface area contributed by atoms with E-state index < -0.39 is 6.03 Å². The molecule has 2 amide bonds. The molecule has 3 N–H and O–H groups in total. The molecule has 8 heteroatoms. The van der Waals surface area contributed by atoms with Gasteiger partial charge in [-0.15, -0.1) is 0 Å². The predicted octanol–water partition coefficient (Wildman–Crippen LogP) is 1.90. The Morgan fingerprint density at radius 3 is 2.45 bits per heavy atom. The molecule has 0 aliphatic carbocycles. The number of aromatic hydroxyl groups is 1. The van der Waals surface area contributed by atoms with Gasteiger partial charge in [-0.05, 0) is 24.3 Å². The molecule has 0 saturated carbocycles. The first-order valence-electron chi connectivity index (χ1n) is 6.44. The van der Waals surface area contributed by atoms with Crippen molar-refractivity contribution in [1.29, 1.82) is 0 Å². The van der Waals surface area contributed by atoms with E-state index >= 15 is 0 Å². The summed E-state index contributed by atoms with van der Waals surface area (Å²) in [6.45, 7) is 0. The van der Waals surface area contributed by atoms with E-state index in [-0.39, 0.29) is 11.6 Å². The van der Waals surface area contributed by atoms with Crippen LogP contribution in [0.4, 0.5) is 22.0 Å². The van der Waals surface area contributed by atoms with Crippen LogP contribution in [0.15, 0.2) is 30.6 Å². The third kappa shape index (κ3) is 3.54. The Morgan fingerprint density at radius 1 is 1.18 bits per heavy atom. The highest BCUT2D eigenvalue weighted by Crippen LogP contribution is 2.29. The van der Waals surface area contributed by atoms with Crippen LogP contribution in [0.25, 0.3) is 0 Å². The molecule has 0 atom stereocenters. The largest absolute Gasteiger partial charge is 0.508 e. The zero-order valence-corrected chi connectivity index (χ0v) is 12.5. The standard InChI is InChI=1S/C14H17N5O3/c1-19(2)12-11(13(22-3)16-8-15-12)18-14(21)17-9-4-6-10(20)7-5-9/h4-8,20H,1-3H3,(H2,17,18,21). The van der Waals surface area contributed by atoms with Crippen LogP contribution in [0.2, 0.25) is 0 Å². The number of phenols is 1. The Bertz CT molecular complexity index is 658. The number of nitrogens with zero attached hydrogens (tertiary/aromatic N) is 3. The number of benzene rings is 1. The molecule has 0 radical (unpaired) electrons. The molecule has 22 heavy (non-hydrogen) atoms. The van der Waals surface area contributed by atoms with Crippen molar-refractivity contribution in [2.75, 3.05) is 36.7 Å².